The topological polar surface area (TPSA) is 67.4 Å². The molecule has 1 heterocycles. The number of carbonyl (C=O) groups excluding carboxylic acids is 2. The van der Waals surface area contributed by atoms with Gasteiger partial charge in [0.2, 0.25) is 5.91 Å². The summed E-state index contributed by atoms with van der Waals surface area (Å²) in [5.41, 5.74) is 2.78. The first-order valence-electron chi connectivity index (χ1n) is 8.61. The highest BCUT2D eigenvalue weighted by Crippen LogP contribution is 2.30. The van der Waals surface area contributed by atoms with Gasteiger partial charge in [0.25, 0.3) is 5.91 Å². The van der Waals surface area contributed by atoms with Gasteiger partial charge in [0.15, 0.2) is 6.10 Å². The molecule has 0 aromatic heterocycles. The number of benzene rings is 2. The predicted octanol–water partition coefficient (Wildman–Crippen LogP) is 2.66. The van der Waals surface area contributed by atoms with Crippen LogP contribution in [0.4, 0.5) is 5.69 Å². The van der Waals surface area contributed by atoms with Crippen LogP contribution < -0.4 is 15.4 Å². The van der Waals surface area contributed by atoms with E-state index in [9.17, 15) is 9.59 Å². The van der Waals surface area contributed by atoms with Crippen molar-refractivity contribution in [2.45, 2.75) is 31.9 Å². The Hall–Kier alpha value is -2.82. The van der Waals surface area contributed by atoms with E-state index in [1.807, 2.05) is 48.5 Å². The average molecular weight is 336 g/mol. The Morgan fingerprint density at radius 1 is 1.04 bits per heavy atom. The molecule has 0 radical (unpaired) electrons. The van der Waals surface area contributed by atoms with E-state index < -0.39 is 6.10 Å². The van der Waals surface area contributed by atoms with Crippen LogP contribution in [0.25, 0.3) is 0 Å². The van der Waals surface area contributed by atoms with Gasteiger partial charge in [-0.05, 0) is 42.2 Å². The number of nitrogens with one attached hydrogen (secondary N) is 2. The molecule has 5 nitrogen and oxygen atoms in total. The fourth-order valence-electron chi connectivity index (χ4n) is 2.98. The van der Waals surface area contributed by atoms with Crippen molar-refractivity contribution in [2.24, 2.45) is 5.92 Å². The second-order valence-corrected chi connectivity index (χ2v) is 6.60. The lowest BCUT2D eigenvalue weighted by atomic mass is 10.1. The van der Waals surface area contributed by atoms with Crippen molar-refractivity contribution in [1.82, 2.24) is 5.32 Å². The van der Waals surface area contributed by atoms with Crippen LogP contribution in [0, 0.1) is 5.92 Å². The molecular weight excluding hydrogens is 316 g/mol. The maximum Gasteiger partial charge on any atom is 0.261 e. The number of fused-ring (bicyclic) bond motifs is 1. The van der Waals surface area contributed by atoms with E-state index >= 15 is 0 Å². The molecule has 0 unspecified atom stereocenters. The summed E-state index contributed by atoms with van der Waals surface area (Å²) < 4.78 is 5.70. The first kappa shape index (κ1) is 15.7. The third-order valence-electron chi connectivity index (χ3n) is 4.55. The van der Waals surface area contributed by atoms with Gasteiger partial charge in [-0.3, -0.25) is 9.59 Å². The number of hydrogen-bond donors (Lipinski definition) is 2. The Kier molecular flexibility index (Phi) is 4.14. The summed E-state index contributed by atoms with van der Waals surface area (Å²) in [6, 6.07) is 15.3. The quantitative estimate of drug-likeness (QED) is 0.882. The summed E-state index contributed by atoms with van der Waals surface area (Å²) in [5.74, 6) is 0.916. The molecule has 25 heavy (non-hydrogen) atoms. The van der Waals surface area contributed by atoms with Crippen molar-refractivity contribution in [1.29, 1.82) is 0 Å². The Bertz CT molecular complexity index is 789. The third-order valence-corrected chi connectivity index (χ3v) is 4.55. The predicted molar refractivity (Wildman–Crippen MR) is 94.2 cm³/mol. The van der Waals surface area contributed by atoms with Gasteiger partial charge in [0.1, 0.15) is 5.75 Å². The molecule has 2 amide bonds. The molecule has 1 atom stereocenters. The van der Waals surface area contributed by atoms with Crippen molar-refractivity contribution in [2.75, 3.05) is 5.32 Å². The van der Waals surface area contributed by atoms with Crippen LogP contribution in [0.15, 0.2) is 48.5 Å². The van der Waals surface area contributed by atoms with E-state index in [2.05, 4.69) is 10.6 Å². The van der Waals surface area contributed by atoms with Gasteiger partial charge < -0.3 is 15.4 Å². The lowest BCUT2D eigenvalue weighted by molar-refractivity contribution is -0.127. The van der Waals surface area contributed by atoms with Gasteiger partial charge in [-0.25, -0.2) is 0 Å². The van der Waals surface area contributed by atoms with Gasteiger partial charge in [-0.2, -0.15) is 0 Å². The minimum absolute atomic E-state index is 0.0818. The van der Waals surface area contributed by atoms with Gasteiger partial charge >= 0.3 is 0 Å². The van der Waals surface area contributed by atoms with Crippen LogP contribution in [0.2, 0.25) is 0 Å². The van der Waals surface area contributed by atoms with Crippen molar-refractivity contribution < 1.29 is 14.3 Å². The summed E-state index contributed by atoms with van der Waals surface area (Å²) in [7, 11) is 0. The van der Waals surface area contributed by atoms with Crippen molar-refractivity contribution in [3.8, 4) is 5.75 Å². The number of amides is 2. The second-order valence-electron chi connectivity index (χ2n) is 6.60. The van der Waals surface area contributed by atoms with Crippen molar-refractivity contribution >= 4 is 17.5 Å². The molecule has 1 aliphatic carbocycles. The smallest absolute Gasteiger partial charge is 0.261 e. The Balaban J connectivity index is 1.32. The van der Waals surface area contributed by atoms with E-state index in [-0.39, 0.29) is 17.7 Å². The van der Waals surface area contributed by atoms with Crippen LogP contribution in [0.5, 0.6) is 5.75 Å². The normalized spacial score (nSPS) is 18.2. The molecule has 0 saturated heterocycles. The van der Waals surface area contributed by atoms with Crippen LogP contribution >= 0.6 is 0 Å². The zero-order valence-electron chi connectivity index (χ0n) is 13.8. The van der Waals surface area contributed by atoms with E-state index in [4.69, 9.17) is 4.74 Å². The maximum absolute atomic E-state index is 12.3. The molecule has 128 valence electrons. The molecule has 0 bridgehead atoms. The van der Waals surface area contributed by atoms with Gasteiger partial charge in [-0.15, -0.1) is 0 Å². The summed E-state index contributed by atoms with van der Waals surface area (Å²) in [5, 5.41) is 5.84. The molecule has 2 aliphatic rings. The highest BCUT2D eigenvalue weighted by molar-refractivity contribution is 5.94. The van der Waals surface area contributed by atoms with Gasteiger partial charge in [0.05, 0.1) is 0 Å². The molecule has 5 heteroatoms. The minimum atomic E-state index is -0.477. The number of carbonyl (C=O) groups is 2. The number of ether oxygens (including phenoxy) is 1. The molecule has 2 aromatic carbocycles. The molecular formula is C20H20N2O3. The van der Waals surface area contributed by atoms with Gasteiger partial charge in [-0.1, -0.05) is 30.3 Å². The molecule has 1 fully saturated rings. The molecule has 1 aliphatic heterocycles. The summed E-state index contributed by atoms with van der Waals surface area (Å²) in [6.45, 7) is 0.405. The largest absolute Gasteiger partial charge is 0.480 e. The van der Waals surface area contributed by atoms with E-state index in [0.717, 1.165) is 35.4 Å². The van der Waals surface area contributed by atoms with Crippen molar-refractivity contribution in [3.63, 3.8) is 0 Å². The Labute approximate surface area is 146 Å². The van der Waals surface area contributed by atoms with Crippen LogP contribution in [-0.2, 0) is 22.6 Å². The molecule has 2 N–H and O–H groups in total. The summed E-state index contributed by atoms with van der Waals surface area (Å²) in [6.07, 6.45) is 2.08. The maximum atomic E-state index is 12.3. The van der Waals surface area contributed by atoms with E-state index in [1.165, 1.54) is 0 Å². The number of rotatable bonds is 5. The zero-order valence-corrected chi connectivity index (χ0v) is 13.8. The molecule has 1 saturated carbocycles. The highest BCUT2D eigenvalue weighted by Gasteiger charge is 2.30. The molecule has 0 spiro atoms. The first-order chi connectivity index (χ1) is 12.2. The van der Waals surface area contributed by atoms with Gasteiger partial charge in [0, 0.05) is 24.6 Å². The van der Waals surface area contributed by atoms with E-state index in [1.54, 1.807) is 0 Å². The summed E-state index contributed by atoms with van der Waals surface area (Å²) in [4.78, 5) is 24.2. The SMILES string of the molecule is O=C(Nc1cccc(CNC(=O)[C@H]2Cc3ccccc3O2)c1)C1CC1. The van der Waals surface area contributed by atoms with Crippen LogP contribution in [-0.4, -0.2) is 17.9 Å². The Morgan fingerprint density at radius 2 is 1.88 bits per heavy atom. The second kappa shape index (κ2) is 6.59. The van der Waals surface area contributed by atoms with Crippen LogP contribution in [0.3, 0.4) is 0 Å². The highest BCUT2D eigenvalue weighted by atomic mass is 16.5. The number of para-hydroxylation sites is 1. The Morgan fingerprint density at radius 3 is 2.68 bits per heavy atom. The molecule has 2 aromatic rings. The number of hydrogen-bond acceptors (Lipinski definition) is 3. The first-order valence-corrected chi connectivity index (χ1v) is 8.61. The average Bonchev–Trinajstić information content (AvgIpc) is 3.39. The van der Waals surface area contributed by atoms with Crippen LogP contribution in [0.1, 0.15) is 24.0 Å². The third kappa shape index (κ3) is 3.65. The van der Waals surface area contributed by atoms with E-state index in [0.29, 0.717) is 13.0 Å². The lowest BCUT2D eigenvalue weighted by Gasteiger charge is -2.12. The monoisotopic (exact) mass is 336 g/mol. The fraction of sp³-hybridized carbons (Fsp3) is 0.300. The number of anilines is 1. The standard InChI is InChI=1S/C20H20N2O3/c23-19(14-8-9-14)22-16-6-3-4-13(10-16)12-21-20(24)18-11-15-5-1-2-7-17(15)25-18/h1-7,10,14,18H,8-9,11-12H2,(H,21,24)(H,22,23)/t18-/m1/s1. The zero-order chi connectivity index (χ0) is 17.2. The molecule has 4 rings (SSSR count). The fourth-order valence-corrected chi connectivity index (χ4v) is 2.98. The summed E-state index contributed by atoms with van der Waals surface area (Å²) >= 11 is 0. The lowest BCUT2D eigenvalue weighted by Crippen LogP contribution is -2.37. The minimum Gasteiger partial charge on any atom is -0.480 e. The van der Waals surface area contributed by atoms with Crippen molar-refractivity contribution in [3.05, 3.63) is 59.7 Å².